The Morgan fingerprint density at radius 3 is 2.61 bits per heavy atom. The van der Waals surface area contributed by atoms with Gasteiger partial charge in [0.15, 0.2) is 11.5 Å². The number of fused-ring (bicyclic) bond motifs is 1. The van der Waals surface area contributed by atoms with Gasteiger partial charge in [-0.05, 0) is 37.1 Å². The van der Waals surface area contributed by atoms with Gasteiger partial charge in [0.05, 0.1) is 19.1 Å². The second-order valence-electron chi connectivity index (χ2n) is 6.56. The van der Waals surface area contributed by atoms with Crippen LogP contribution in [0.25, 0.3) is 0 Å². The van der Waals surface area contributed by atoms with Crippen LogP contribution in [0.15, 0.2) is 47.9 Å². The van der Waals surface area contributed by atoms with E-state index in [2.05, 4.69) is 13.0 Å². The minimum absolute atomic E-state index is 0.0897. The molecular formula is C22H25N3O3. The van der Waals surface area contributed by atoms with Gasteiger partial charge in [-0.15, -0.1) is 0 Å². The van der Waals surface area contributed by atoms with Crippen LogP contribution in [0.2, 0.25) is 0 Å². The molecule has 2 aromatic carbocycles. The molecule has 4 N–H and O–H groups in total. The van der Waals surface area contributed by atoms with Gasteiger partial charge >= 0.3 is 0 Å². The number of ether oxygens (including phenoxy) is 3. The molecule has 0 radical (unpaired) electrons. The Hall–Kier alpha value is -3.33. The standard InChI is InChI=1S/C22H25N3O3/c1-3-5-10-27-18-9-6-14(11-20(18)26-4-2)21-16-8-7-15(24)12-19(16)28-22(25)17(21)13-23/h6-9,11-12,21H,3-5,10,24-25H2,1-2H3/t21-/m1/s1. The Bertz CT molecular complexity index is 931. The summed E-state index contributed by atoms with van der Waals surface area (Å²) in [5.41, 5.74) is 14.6. The quantitative estimate of drug-likeness (QED) is 0.555. The Morgan fingerprint density at radius 2 is 1.89 bits per heavy atom. The minimum Gasteiger partial charge on any atom is -0.490 e. The Morgan fingerprint density at radius 1 is 1.07 bits per heavy atom. The number of unbranched alkanes of at least 4 members (excludes halogenated alkanes) is 1. The van der Waals surface area contributed by atoms with Gasteiger partial charge in [0.2, 0.25) is 5.88 Å². The number of nitrogens with zero attached hydrogens (tertiary/aromatic N) is 1. The third-order valence-corrected chi connectivity index (χ3v) is 4.60. The topological polar surface area (TPSA) is 104 Å². The second kappa shape index (κ2) is 8.57. The second-order valence-corrected chi connectivity index (χ2v) is 6.56. The molecule has 2 aromatic rings. The van der Waals surface area contributed by atoms with Gasteiger partial charge in [-0.1, -0.05) is 25.5 Å². The number of anilines is 1. The molecule has 28 heavy (non-hydrogen) atoms. The van der Waals surface area contributed by atoms with Crippen molar-refractivity contribution in [3.8, 4) is 23.3 Å². The number of rotatable bonds is 7. The molecule has 146 valence electrons. The molecule has 6 nitrogen and oxygen atoms in total. The first-order valence-corrected chi connectivity index (χ1v) is 9.45. The molecule has 0 saturated carbocycles. The average Bonchev–Trinajstić information content (AvgIpc) is 2.68. The number of hydrogen-bond acceptors (Lipinski definition) is 6. The summed E-state index contributed by atoms with van der Waals surface area (Å²) in [6.07, 6.45) is 2.03. The lowest BCUT2D eigenvalue weighted by molar-refractivity contribution is 0.272. The molecule has 1 heterocycles. The molecule has 6 heteroatoms. The summed E-state index contributed by atoms with van der Waals surface area (Å²) in [6, 6.07) is 13.3. The zero-order valence-electron chi connectivity index (χ0n) is 16.2. The zero-order valence-corrected chi connectivity index (χ0v) is 16.2. The lowest BCUT2D eigenvalue weighted by atomic mass is 9.83. The summed E-state index contributed by atoms with van der Waals surface area (Å²) in [5.74, 6) is 1.63. The van der Waals surface area contributed by atoms with Crippen LogP contribution >= 0.6 is 0 Å². The van der Waals surface area contributed by atoms with Crippen LogP contribution in [-0.4, -0.2) is 13.2 Å². The summed E-state index contributed by atoms with van der Waals surface area (Å²) >= 11 is 0. The normalized spacial score (nSPS) is 15.4. The fourth-order valence-corrected chi connectivity index (χ4v) is 3.23. The molecule has 0 spiro atoms. The Kier molecular flexibility index (Phi) is 5.95. The minimum atomic E-state index is -0.363. The van der Waals surface area contributed by atoms with E-state index in [9.17, 15) is 5.26 Å². The van der Waals surface area contributed by atoms with Crippen molar-refractivity contribution >= 4 is 5.69 Å². The highest BCUT2D eigenvalue weighted by Crippen LogP contribution is 2.44. The van der Waals surface area contributed by atoms with Crippen molar-refractivity contribution in [2.75, 3.05) is 18.9 Å². The molecule has 0 amide bonds. The maximum Gasteiger partial charge on any atom is 0.205 e. The van der Waals surface area contributed by atoms with Crippen molar-refractivity contribution in [1.29, 1.82) is 5.26 Å². The van der Waals surface area contributed by atoms with E-state index in [0.29, 0.717) is 41.7 Å². The molecular weight excluding hydrogens is 354 g/mol. The zero-order chi connectivity index (χ0) is 20.1. The molecule has 0 aromatic heterocycles. The van der Waals surface area contributed by atoms with Gasteiger partial charge in [-0.3, -0.25) is 0 Å². The largest absolute Gasteiger partial charge is 0.490 e. The third-order valence-electron chi connectivity index (χ3n) is 4.60. The first-order chi connectivity index (χ1) is 13.6. The Labute approximate surface area is 165 Å². The summed E-state index contributed by atoms with van der Waals surface area (Å²) in [7, 11) is 0. The van der Waals surface area contributed by atoms with Crippen LogP contribution in [0.4, 0.5) is 5.69 Å². The van der Waals surface area contributed by atoms with Gasteiger partial charge in [0.25, 0.3) is 0 Å². The number of nitrogen functional groups attached to an aromatic ring is 1. The lowest BCUT2D eigenvalue weighted by Crippen LogP contribution is -2.21. The predicted octanol–water partition coefficient (Wildman–Crippen LogP) is 4.06. The van der Waals surface area contributed by atoms with Crippen LogP contribution in [0.1, 0.15) is 43.7 Å². The van der Waals surface area contributed by atoms with Gasteiger partial charge in [0.1, 0.15) is 17.4 Å². The molecule has 0 bridgehead atoms. The van der Waals surface area contributed by atoms with Crippen LogP contribution in [0.5, 0.6) is 17.2 Å². The number of nitriles is 1. The summed E-state index contributed by atoms with van der Waals surface area (Å²) in [6.45, 7) is 5.18. The highest BCUT2D eigenvalue weighted by atomic mass is 16.5. The van der Waals surface area contributed by atoms with Gasteiger partial charge < -0.3 is 25.7 Å². The van der Waals surface area contributed by atoms with Gasteiger partial charge in [-0.2, -0.15) is 5.26 Å². The van der Waals surface area contributed by atoms with Gasteiger partial charge in [0, 0.05) is 17.3 Å². The molecule has 0 unspecified atom stereocenters. The van der Waals surface area contributed by atoms with Gasteiger partial charge in [-0.25, -0.2) is 0 Å². The van der Waals surface area contributed by atoms with Crippen LogP contribution in [-0.2, 0) is 0 Å². The maximum absolute atomic E-state index is 9.70. The van der Waals surface area contributed by atoms with E-state index in [1.54, 1.807) is 12.1 Å². The molecule has 0 aliphatic carbocycles. The molecule has 1 atom stereocenters. The van der Waals surface area contributed by atoms with Crippen molar-refractivity contribution in [1.82, 2.24) is 0 Å². The van der Waals surface area contributed by atoms with E-state index < -0.39 is 0 Å². The SMILES string of the molecule is CCCCOc1ccc([C@H]2C(C#N)=C(N)Oc3cc(N)ccc32)cc1OCC. The summed E-state index contributed by atoms with van der Waals surface area (Å²) < 4.78 is 17.3. The number of hydrogen-bond donors (Lipinski definition) is 2. The molecule has 1 aliphatic rings. The fraction of sp³-hybridized carbons (Fsp3) is 0.318. The van der Waals surface area contributed by atoms with Crippen LogP contribution in [0, 0.1) is 11.3 Å². The summed E-state index contributed by atoms with van der Waals surface area (Å²) in [4.78, 5) is 0. The van der Waals surface area contributed by atoms with E-state index in [1.807, 2.05) is 31.2 Å². The van der Waals surface area contributed by atoms with E-state index in [0.717, 1.165) is 24.0 Å². The maximum atomic E-state index is 9.70. The van der Waals surface area contributed by atoms with Crippen molar-refractivity contribution in [2.45, 2.75) is 32.6 Å². The van der Waals surface area contributed by atoms with Crippen molar-refractivity contribution in [2.24, 2.45) is 5.73 Å². The Balaban J connectivity index is 2.06. The lowest BCUT2D eigenvalue weighted by Gasteiger charge is -2.27. The smallest absolute Gasteiger partial charge is 0.205 e. The molecule has 1 aliphatic heterocycles. The van der Waals surface area contributed by atoms with E-state index >= 15 is 0 Å². The molecule has 3 rings (SSSR count). The average molecular weight is 379 g/mol. The first-order valence-electron chi connectivity index (χ1n) is 9.45. The van der Waals surface area contributed by atoms with E-state index in [-0.39, 0.29) is 11.8 Å². The first kappa shape index (κ1) is 19.4. The number of nitrogens with two attached hydrogens (primary N) is 2. The van der Waals surface area contributed by atoms with Crippen molar-refractivity contribution < 1.29 is 14.2 Å². The van der Waals surface area contributed by atoms with E-state index in [1.165, 1.54) is 0 Å². The third kappa shape index (κ3) is 3.84. The van der Waals surface area contributed by atoms with Crippen molar-refractivity contribution in [3.05, 3.63) is 59.0 Å². The predicted molar refractivity (Wildman–Crippen MR) is 108 cm³/mol. The number of allylic oxidation sites excluding steroid dienone is 1. The fourth-order valence-electron chi connectivity index (χ4n) is 3.23. The molecule has 0 saturated heterocycles. The number of benzene rings is 2. The highest BCUT2D eigenvalue weighted by Gasteiger charge is 2.31. The molecule has 0 fully saturated rings. The van der Waals surface area contributed by atoms with E-state index in [4.69, 9.17) is 25.7 Å². The summed E-state index contributed by atoms with van der Waals surface area (Å²) in [5, 5.41) is 9.70. The van der Waals surface area contributed by atoms with Crippen LogP contribution < -0.4 is 25.7 Å². The van der Waals surface area contributed by atoms with Crippen LogP contribution in [0.3, 0.4) is 0 Å². The van der Waals surface area contributed by atoms with Crippen molar-refractivity contribution in [3.63, 3.8) is 0 Å². The highest BCUT2D eigenvalue weighted by molar-refractivity contribution is 5.60. The monoisotopic (exact) mass is 379 g/mol.